The Kier molecular flexibility index (Phi) is 6.60. The summed E-state index contributed by atoms with van der Waals surface area (Å²) in [5.74, 6) is 0.972. The standard InChI is InChI=1S/C14H22BrNO/c1-4-13(5-2)16-8-9-17-14-7-6-12(15)10-11(14)3/h6-7,10,13,16H,4-5,8-9H2,1-3H3. The lowest BCUT2D eigenvalue weighted by Crippen LogP contribution is -2.31. The predicted octanol–water partition coefficient (Wildman–Crippen LogP) is 3.91. The van der Waals surface area contributed by atoms with Gasteiger partial charge in [-0.05, 0) is 43.5 Å². The molecule has 0 saturated carbocycles. The van der Waals surface area contributed by atoms with Gasteiger partial charge in [-0.1, -0.05) is 29.8 Å². The normalized spacial score (nSPS) is 10.9. The third-order valence-corrected chi connectivity index (χ3v) is 3.41. The quantitative estimate of drug-likeness (QED) is 0.771. The third kappa shape index (κ3) is 5.09. The SMILES string of the molecule is CCC(CC)NCCOc1ccc(Br)cc1C. The van der Waals surface area contributed by atoms with Crippen molar-refractivity contribution < 1.29 is 4.74 Å². The smallest absolute Gasteiger partial charge is 0.122 e. The van der Waals surface area contributed by atoms with Crippen molar-refractivity contribution in [3.63, 3.8) is 0 Å². The summed E-state index contributed by atoms with van der Waals surface area (Å²) in [5.41, 5.74) is 1.17. The van der Waals surface area contributed by atoms with Gasteiger partial charge in [0.2, 0.25) is 0 Å². The van der Waals surface area contributed by atoms with Crippen LogP contribution in [-0.4, -0.2) is 19.2 Å². The Morgan fingerprint density at radius 2 is 2.00 bits per heavy atom. The van der Waals surface area contributed by atoms with Crippen LogP contribution in [0.4, 0.5) is 0 Å². The monoisotopic (exact) mass is 299 g/mol. The Morgan fingerprint density at radius 1 is 1.29 bits per heavy atom. The van der Waals surface area contributed by atoms with Gasteiger partial charge < -0.3 is 10.1 Å². The van der Waals surface area contributed by atoms with E-state index in [2.05, 4.69) is 48.1 Å². The van der Waals surface area contributed by atoms with E-state index in [-0.39, 0.29) is 0 Å². The highest BCUT2D eigenvalue weighted by Gasteiger charge is 2.02. The molecule has 0 aromatic heterocycles. The van der Waals surface area contributed by atoms with Crippen LogP contribution in [0.15, 0.2) is 22.7 Å². The van der Waals surface area contributed by atoms with Gasteiger partial charge in [0, 0.05) is 17.1 Å². The molecule has 0 bridgehead atoms. The van der Waals surface area contributed by atoms with Crippen molar-refractivity contribution in [3.8, 4) is 5.75 Å². The third-order valence-electron chi connectivity index (χ3n) is 2.92. The maximum absolute atomic E-state index is 5.75. The minimum absolute atomic E-state index is 0.615. The molecule has 0 unspecified atom stereocenters. The number of aryl methyl sites for hydroxylation is 1. The molecule has 3 heteroatoms. The van der Waals surface area contributed by atoms with E-state index in [1.807, 2.05) is 12.1 Å². The molecule has 2 nitrogen and oxygen atoms in total. The number of nitrogens with one attached hydrogen (secondary N) is 1. The van der Waals surface area contributed by atoms with Crippen molar-refractivity contribution in [2.45, 2.75) is 39.7 Å². The Hall–Kier alpha value is -0.540. The predicted molar refractivity (Wildman–Crippen MR) is 76.7 cm³/mol. The molecule has 0 aliphatic carbocycles. The van der Waals surface area contributed by atoms with Gasteiger partial charge in [-0.25, -0.2) is 0 Å². The second kappa shape index (κ2) is 7.72. The van der Waals surface area contributed by atoms with Crippen molar-refractivity contribution in [2.24, 2.45) is 0 Å². The fraction of sp³-hybridized carbons (Fsp3) is 0.571. The minimum Gasteiger partial charge on any atom is -0.492 e. The molecule has 96 valence electrons. The first-order valence-corrected chi connectivity index (χ1v) is 7.09. The summed E-state index contributed by atoms with van der Waals surface area (Å²) in [4.78, 5) is 0. The van der Waals surface area contributed by atoms with Crippen molar-refractivity contribution in [2.75, 3.05) is 13.2 Å². The summed E-state index contributed by atoms with van der Waals surface area (Å²) in [6, 6.07) is 6.71. The largest absolute Gasteiger partial charge is 0.492 e. The van der Waals surface area contributed by atoms with Gasteiger partial charge in [0.1, 0.15) is 12.4 Å². The molecule has 0 spiro atoms. The minimum atomic E-state index is 0.615. The number of ether oxygens (including phenoxy) is 1. The molecule has 0 heterocycles. The molecule has 0 saturated heterocycles. The molecule has 0 aliphatic rings. The van der Waals surface area contributed by atoms with Crippen LogP contribution in [0.25, 0.3) is 0 Å². The van der Waals surface area contributed by atoms with Gasteiger partial charge in [-0.15, -0.1) is 0 Å². The zero-order chi connectivity index (χ0) is 12.7. The number of halogens is 1. The molecule has 0 fully saturated rings. The van der Waals surface area contributed by atoms with Crippen molar-refractivity contribution >= 4 is 15.9 Å². The van der Waals surface area contributed by atoms with Gasteiger partial charge in [0.15, 0.2) is 0 Å². The van der Waals surface area contributed by atoms with Crippen LogP contribution in [0.1, 0.15) is 32.3 Å². The molecule has 1 aromatic rings. The highest BCUT2D eigenvalue weighted by Crippen LogP contribution is 2.21. The fourth-order valence-electron chi connectivity index (χ4n) is 1.78. The van der Waals surface area contributed by atoms with E-state index in [1.165, 1.54) is 18.4 Å². The second-order valence-corrected chi connectivity index (χ2v) is 5.14. The van der Waals surface area contributed by atoms with Crippen LogP contribution in [0.3, 0.4) is 0 Å². The van der Waals surface area contributed by atoms with Crippen LogP contribution in [0, 0.1) is 6.92 Å². The molecule has 0 amide bonds. The maximum Gasteiger partial charge on any atom is 0.122 e. The maximum atomic E-state index is 5.75. The molecule has 1 N–H and O–H groups in total. The lowest BCUT2D eigenvalue weighted by molar-refractivity contribution is 0.300. The molecule has 17 heavy (non-hydrogen) atoms. The van der Waals surface area contributed by atoms with E-state index >= 15 is 0 Å². The summed E-state index contributed by atoms with van der Waals surface area (Å²) in [7, 11) is 0. The molecule has 1 aromatic carbocycles. The zero-order valence-electron chi connectivity index (χ0n) is 10.9. The van der Waals surface area contributed by atoms with Gasteiger partial charge in [0.25, 0.3) is 0 Å². The number of hydrogen-bond donors (Lipinski definition) is 1. The topological polar surface area (TPSA) is 21.3 Å². The second-order valence-electron chi connectivity index (χ2n) is 4.23. The number of rotatable bonds is 7. The highest BCUT2D eigenvalue weighted by atomic mass is 79.9. The summed E-state index contributed by atoms with van der Waals surface area (Å²) in [5, 5.41) is 3.49. The lowest BCUT2D eigenvalue weighted by atomic mass is 10.2. The van der Waals surface area contributed by atoms with Crippen LogP contribution < -0.4 is 10.1 Å². The van der Waals surface area contributed by atoms with Crippen LogP contribution in [0.2, 0.25) is 0 Å². The first kappa shape index (κ1) is 14.5. The van der Waals surface area contributed by atoms with E-state index < -0.39 is 0 Å². The first-order valence-electron chi connectivity index (χ1n) is 6.29. The van der Waals surface area contributed by atoms with E-state index in [9.17, 15) is 0 Å². The molecular weight excluding hydrogens is 278 g/mol. The number of benzene rings is 1. The van der Waals surface area contributed by atoms with E-state index in [0.717, 1.165) is 23.4 Å². The van der Waals surface area contributed by atoms with Gasteiger partial charge >= 0.3 is 0 Å². The fourth-order valence-corrected chi connectivity index (χ4v) is 2.25. The first-order chi connectivity index (χ1) is 8.17. The van der Waals surface area contributed by atoms with Gasteiger partial charge in [-0.3, -0.25) is 0 Å². The Morgan fingerprint density at radius 3 is 2.59 bits per heavy atom. The van der Waals surface area contributed by atoms with E-state index in [0.29, 0.717) is 6.04 Å². The summed E-state index contributed by atoms with van der Waals surface area (Å²) >= 11 is 3.45. The van der Waals surface area contributed by atoms with Crippen molar-refractivity contribution in [1.29, 1.82) is 0 Å². The molecule has 1 rings (SSSR count). The van der Waals surface area contributed by atoms with Crippen LogP contribution >= 0.6 is 15.9 Å². The van der Waals surface area contributed by atoms with Crippen molar-refractivity contribution in [1.82, 2.24) is 5.32 Å². The number of hydrogen-bond acceptors (Lipinski definition) is 2. The van der Waals surface area contributed by atoms with Gasteiger partial charge in [-0.2, -0.15) is 0 Å². The summed E-state index contributed by atoms with van der Waals surface area (Å²) < 4.78 is 6.84. The summed E-state index contributed by atoms with van der Waals surface area (Å²) in [6.07, 6.45) is 2.35. The van der Waals surface area contributed by atoms with Gasteiger partial charge in [0.05, 0.1) is 0 Å². The van der Waals surface area contributed by atoms with E-state index in [1.54, 1.807) is 0 Å². The Balaban J connectivity index is 2.31. The molecule has 0 aliphatic heterocycles. The highest BCUT2D eigenvalue weighted by molar-refractivity contribution is 9.10. The van der Waals surface area contributed by atoms with Crippen LogP contribution in [-0.2, 0) is 0 Å². The average Bonchev–Trinajstić information content (AvgIpc) is 2.32. The summed E-state index contributed by atoms with van der Waals surface area (Å²) in [6.45, 7) is 8.11. The molecule has 0 radical (unpaired) electrons. The Bertz CT molecular complexity index is 337. The average molecular weight is 300 g/mol. The van der Waals surface area contributed by atoms with E-state index in [4.69, 9.17) is 4.74 Å². The van der Waals surface area contributed by atoms with Crippen molar-refractivity contribution in [3.05, 3.63) is 28.2 Å². The molecular formula is C14H22BrNO. The lowest BCUT2D eigenvalue weighted by Gasteiger charge is -2.15. The Labute approximate surface area is 113 Å². The van der Waals surface area contributed by atoms with Crippen LogP contribution in [0.5, 0.6) is 5.75 Å². The zero-order valence-corrected chi connectivity index (χ0v) is 12.5. The molecule has 0 atom stereocenters.